The molecule has 37 heavy (non-hydrogen) atoms. The fourth-order valence-electron chi connectivity index (χ4n) is 5.45. The first-order chi connectivity index (χ1) is 17.8. The maximum Gasteiger partial charge on any atom is 0.278 e. The van der Waals surface area contributed by atoms with Crippen molar-refractivity contribution in [3.63, 3.8) is 0 Å². The van der Waals surface area contributed by atoms with Crippen molar-refractivity contribution < 1.29 is 18.3 Å². The van der Waals surface area contributed by atoms with E-state index in [2.05, 4.69) is 20.3 Å². The number of hydrogen-bond acceptors (Lipinski definition) is 6. The molecule has 200 valence electrons. The molecular weight excluding hydrogens is 496 g/mol. The van der Waals surface area contributed by atoms with Crippen molar-refractivity contribution in [3.8, 4) is 5.19 Å². The molecule has 1 aliphatic heterocycles. The van der Waals surface area contributed by atoms with Gasteiger partial charge in [0.2, 0.25) is 0 Å². The zero-order valence-corrected chi connectivity index (χ0v) is 22.3. The van der Waals surface area contributed by atoms with Gasteiger partial charge in [0, 0.05) is 42.9 Å². The minimum Gasteiger partial charge on any atom is -0.464 e. The van der Waals surface area contributed by atoms with Gasteiger partial charge in [0.15, 0.2) is 6.61 Å². The summed E-state index contributed by atoms with van der Waals surface area (Å²) in [6.45, 7) is 5.76. The molecule has 2 aliphatic rings. The molecule has 0 saturated heterocycles. The Morgan fingerprint density at radius 3 is 2.84 bits per heavy atom. The quantitative estimate of drug-likeness (QED) is 0.407. The highest BCUT2D eigenvalue weighted by Crippen LogP contribution is 2.32. The monoisotopic (exact) mass is 531 g/mol. The second-order valence-electron chi connectivity index (χ2n) is 10.4. The van der Waals surface area contributed by atoms with Gasteiger partial charge in [-0.25, -0.2) is 13.8 Å². The van der Waals surface area contributed by atoms with Gasteiger partial charge in [-0.05, 0) is 70.0 Å². The van der Waals surface area contributed by atoms with E-state index in [4.69, 9.17) is 4.74 Å². The molecular formula is C27H35F2N5O2S. The van der Waals surface area contributed by atoms with Crippen LogP contribution < -0.4 is 10.1 Å². The number of hydrogen-bond donors (Lipinski definition) is 1. The van der Waals surface area contributed by atoms with Crippen LogP contribution in [0.2, 0.25) is 0 Å². The molecule has 0 atom stereocenters. The lowest BCUT2D eigenvalue weighted by atomic mass is 9.84. The van der Waals surface area contributed by atoms with Gasteiger partial charge in [-0.2, -0.15) is 5.10 Å². The van der Waals surface area contributed by atoms with Crippen LogP contribution in [0.3, 0.4) is 0 Å². The van der Waals surface area contributed by atoms with E-state index >= 15 is 0 Å². The lowest BCUT2D eigenvalue weighted by Gasteiger charge is -2.32. The van der Waals surface area contributed by atoms with Gasteiger partial charge < -0.3 is 10.1 Å². The van der Waals surface area contributed by atoms with Crippen LogP contribution in [0.25, 0.3) is 10.9 Å². The fourth-order valence-corrected chi connectivity index (χ4v) is 6.35. The average Bonchev–Trinajstić information content (AvgIpc) is 3.49. The Balaban J connectivity index is 1.06. The minimum absolute atomic E-state index is 0.0110. The topological polar surface area (TPSA) is 72.3 Å². The molecule has 0 spiro atoms. The number of thiazole rings is 1. The zero-order chi connectivity index (χ0) is 26.0. The average molecular weight is 532 g/mol. The molecule has 5 rings (SSSR count). The summed E-state index contributed by atoms with van der Waals surface area (Å²) in [5.41, 5.74) is 2.66. The predicted molar refractivity (Wildman–Crippen MR) is 140 cm³/mol. The van der Waals surface area contributed by atoms with Gasteiger partial charge in [-0.1, -0.05) is 17.4 Å². The molecule has 0 bridgehead atoms. The number of halogens is 2. The van der Waals surface area contributed by atoms with Crippen molar-refractivity contribution in [2.24, 2.45) is 5.92 Å². The van der Waals surface area contributed by atoms with Crippen molar-refractivity contribution in [2.75, 3.05) is 19.7 Å². The molecule has 0 unspecified atom stereocenters. The number of aromatic nitrogens is 3. The minimum atomic E-state index is -2.85. The van der Waals surface area contributed by atoms with Gasteiger partial charge in [0.1, 0.15) is 0 Å². The number of rotatable bonds is 9. The summed E-state index contributed by atoms with van der Waals surface area (Å²) in [6, 6.07) is 6.02. The summed E-state index contributed by atoms with van der Waals surface area (Å²) in [7, 11) is 0. The third-order valence-electron chi connectivity index (χ3n) is 7.50. The molecule has 10 heteroatoms. The maximum atomic E-state index is 13.1. The van der Waals surface area contributed by atoms with Crippen molar-refractivity contribution in [1.29, 1.82) is 0 Å². The van der Waals surface area contributed by atoms with Crippen LogP contribution in [-0.2, 0) is 19.5 Å². The molecule has 3 heterocycles. The first-order valence-electron chi connectivity index (χ1n) is 13.3. The Labute approximate surface area is 220 Å². The Bertz CT molecular complexity index is 1230. The molecule has 2 aromatic heterocycles. The Kier molecular flexibility index (Phi) is 7.76. The number of carbonyl (C=O) groups is 1. The summed E-state index contributed by atoms with van der Waals surface area (Å²) in [6.07, 6.45) is 8.03. The highest BCUT2D eigenvalue weighted by Gasteiger charge is 2.27. The second-order valence-corrected chi connectivity index (χ2v) is 11.5. The molecule has 1 aliphatic carbocycles. The summed E-state index contributed by atoms with van der Waals surface area (Å²) < 4.78 is 33.3. The van der Waals surface area contributed by atoms with Crippen LogP contribution >= 0.6 is 11.3 Å². The van der Waals surface area contributed by atoms with Gasteiger partial charge in [-0.15, -0.1) is 0 Å². The first kappa shape index (κ1) is 26.0. The number of aryl methyl sites for hydroxylation is 1. The molecule has 1 N–H and O–H groups in total. The normalized spacial score (nSPS) is 20.6. The number of amides is 1. The molecule has 7 nitrogen and oxygen atoms in total. The number of nitrogens with zero attached hydrogens (tertiary/aromatic N) is 4. The SMILES string of the molecule is CCn1ncc2c(C(=O)N[C@H]3CC[C@H](CCN4CCc5sc(OCC(C)(F)F)nc5C4)CC3)cccc21. The number of alkyl halides is 2. The zero-order valence-electron chi connectivity index (χ0n) is 21.5. The Morgan fingerprint density at radius 2 is 2.08 bits per heavy atom. The van der Waals surface area contributed by atoms with E-state index in [0.29, 0.717) is 16.7 Å². The van der Waals surface area contributed by atoms with E-state index in [9.17, 15) is 13.6 Å². The molecule has 1 amide bonds. The molecule has 1 fully saturated rings. The summed E-state index contributed by atoms with van der Waals surface area (Å²) in [5.74, 6) is -2.21. The summed E-state index contributed by atoms with van der Waals surface area (Å²) >= 11 is 1.40. The van der Waals surface area contributed by atoms with Gasteiger partial charge in [0.25, 0.3) is 17.0 Å². The number of ether oxygens (including phenoxy) is 1. The van der Waals surface area contributed by atoms with E-state index in [1.807, 2.05) is 29.8 Å². The van der Waals surface area contributed by atoms with Crippen LogP contribution in [0.5, 0.6) is 5.19 Å². The first-order valence-corrected chi connectivity index (χ1v) is 14.1. The van der Waals surface area contributed by atoms with Crippen LogP contribution in [0.1, 0.15) is 66.9 Å². The predicted octanol–water partition coefficient (Wildman–Crippen LogP) is 5.28. The Morgan fingerprint density at radius 1 is 1.27 bits per heavy atom. The highest BCUT2D eigenvalue weighted by atomic mass is 32.1. The number of fused-ring (bicyclic) bond motifs is 2. The van der Waals surface area contributed by atoms with E-state index in [0.717, 1.165) is 93.1 Å². The molecule has 0 radical (unpaired) electrons. The summed E-state index contributed by atoms with van der Waals surface area (Å²) in [5, 5.41) is 8.92. The van der Waals surface area contributed by atoms with Crippen LogP contribution in [-0.4, -0.2) is 57.2 Å². The second kappa shape index (κ2) is 11.0. The van der Waals surface area contributed by atoms with Crippen LogP contribution in [0, 0.1) is 5.92 Å². The number of nitrogens with one attached hydrogen (secondary N) is 1. The van der Waals surface area contributed by atoms with Gasteiger partial charge in [-0.3, -0.25) is 14.4 Å². The summed E-state index contributed by atoms with van der Waals surface area (Å²) in [4.78, 5) is 21.0. The number of benzene rings is 1. The van der Waals surface area contributed by atoms with Crippen molar-refractivity contribution in [2.45, 2.75) is 77.4 Å². The molecule has 1 saturated carbocycles. The fraction of sp³-hybridized carbons (Fsp3) is 0.593. The van der Waals surface area contributed by atoms with E-state index < -0.39 is 12.5 Å². The third-order valence-corrected chi connectivity index (χ3v) is 8.57. The van der Waals surface area contributed by atoms with Crippen molar-refractivity contribution in [1.82, 2.24) is 25.0 Å². The van der Waals surface area contributed by atoms with Crippen LogP contribution in [0.15, 0.2) is 24.4 Å². The van der Waals surface area contributed by atoms with E-state index in [-0.39, 0.29) is 11.9 Å². The van der Waals surface area contributed by atoms with E-state index in [1.54, 1.807) is 6.20 Å². The molecule has 3 aromatic rings. The van der Waals surface area contributed by atoms with Gasteiger partial charge >= 0.3 is 0 Å². The molecule has 1 aromatic carbocycles. The van der Waals surface area contributed by atoms with E-state index in [1.165, 1.54) is 11.3 Å². The standard InChI is InChI=1S/C27H35F2N5O2S/c1-3-34-23-6-4-5-20(21(23)15-30-34)25(35)31-19-9-7-18(8-10-19)11-13-33-14-12-24-22(16-33)32-26(37-24)36-17-27(2,28)29/h4-6,15,18-19H,3,7-14,16-17H2,1-2H3,(H,31,35)/t18-,19-. The lowest BCUT2D eigenvalue weighted by molar-refractivity contribution is -0.0230. The van der Waals surface area contributed by atoms with Crippen LogP contribution in [0.4, 0.5) is 8.78 Å². The Hall–Kier alpha value is -2.59. The van der Waals surface area contributed by atoms with Gasteiger partial charge in [0.05, 0.1) is 23.0 Å². The number of carbonyl (C=O) groups excluding carboxylic acids is 1. The third kappa shape index (κ3) is 6.29. The lowest BCUT2D eigenvalue weighted by Crippen LogP contribution is -2.38. The maximum absolute atomic E-state index is 13.1. The largest absolute Gasteiger partial charge is 0.464 e. The van der Waals surface area contributed by atoms with Crippen molar-refractivity contribution in [3.05, 3.63) is 40.5 Å². The van der Waals surface area contributed by atoms with Crippen molar-refractivity contribution >= 4 is 28.1 Å². The highest BCUT2D eigenvalue weighted by molar-refractivity contribution is 7.13. The smallest absolute Gasteiger partial charge is 0.278 e.